The number of rotatable bonds is 4. The summed E-state index contributed by atoms with van der Waals surface area (Å²) in [4.78, 5) is 18.8. The summed E-state index contributed by atoms with van der Waals surface area (Å²) in [6.45, 7) is 4.11. The molecular formula is C20H21FN4O. The number of pyridine rings is 1. The van der Waals surface area contributed by atoms with E-state index in [1.807, 2.05) is 40.6 Å². The Morgan fingerprint density at radius 3 is 2.96 bits per heavy atom. The molecule has 1 N–H and O–H groups in total. The fourth-order valence-corrected chi connectivity index (χ4v) is 3.47. The van der Waals surface area contributed by atoms with Crippen LogP contribution >= 0.6 is 0 Å². The van der Waals surface area contributed by atoms with Gasteiger partial charge >= 0.3 is 0 Å². The van der Waals surface area contributed by atoms with Gasteiger partial charge in [-0.2, -0.15) is 0 Å². The molecule has 0 saturated carbocycles. The van der Waals surface area contributed by atoms with Crippen molar-refractivity contribution < 1.29 is 9.18 Å². The summed E-state index contributed by atoms with van der Waals surface area (Å²) in [6, 6.07) is 10.7. The summed E-state index contributed by atoms with van der Waals surface area (Å²) < 4.78 is 15.8. The van der Waals surface area contributed by atoms with E-state index in [1.54, 1.807) is 18.3 Å². The SMILES string of the molecule is Cc1ccc2nc(C(=O)NCC3CCN(c4ccccc4F)C3)cn2c1. The largest absolute Gasteiger partial charge is 0.369 e. The molecule has 134 valence electrons. The van der Waals surface area contributed by atoms with Crippen molar-refractivity contribution in [1.82, 2.24) is 14.7 Å². The lowest BCUT2D eigenvalue weighted by Gasteiger charge is -2.19. The third-order valence-electron chi connectivity index (χ3n) is 4.86. The molecule has 3 aromatic rings. The number of anilines is 1. The number of hydrogen-bond acceptors (Lipinski definition) is 3. The predicted octanol–water partition coefficient (Wildman–Crippen LogP) is 3.04. The minimum Gasteiger partial charge on any atom is -0.369 e. The number of aromatic nitrogens is 2. The number of aryl methyl sites for hydroxylation is 1. The van der Waals surface area contributed by atoms with Crippen LogP contribution in [-0.2, 0) is 0 Å². The quantitative estimate of drug-likeness (QED) is 0.785. The lowest BCUT2D eigenvalue weighted by molar-refractivity contribution is 0.0944. The number of nitrogens with one attached hydrogen (secondary N) is 1. The molecule has 1 aromatic carbocycles. The average molecular weight is 352 g/mol. The molecule has 1 aliphatic heterocycles. The molecule has 1 fully saturated rings. The molecule has 1 atom stereocenters. The van der Waals surface area contributed by atoms with E-state index in [1.165, 1.54) is 6.07 Å². The number of halogens is 1. The first-order chi connectivity index (χ1) is 12.6. The number of para-hydroxylation sites is 1. The van der Waals surface area contributed by atoms with Gasteiger partial charge in [0.1, 0.15) is 17.2 Å². The molecule has 0 spiro atoms. The monoisotopic (exact) mass is 352 g/mol. The van der Waals surface area contributed by atoms with Crippen LogP contribution in [-0.4, -0.2) is 34.9 Å². The molecule has 6 heteroatoms. The van der Waals surface area contributed by atoms with Gasteiger partial charge in [0.2, 0.25) is 0 Å². The number of imidazole rings is 1. The van der Waals surface area contributed by atoms with Crippen molar-refractivity contribution in [3.8, 4) is 0 Å². The van der Waals surface area contributed by atoms with Crippen LogP contribution in [0.15, 0.2) is 48.8 Å². The predicted molar refractivity (Wildman–Crippen MR) is 99.0 cm³/mol. The molecule has 5 nitrogen and oxygen atoms in total. The van der Waals surface area contributed by atoms with Gasteiger partial charge in [0, 0.05) is 32.0 Å². The zero-order valence-electron chi connectivity index (χ0n) is 14.7. The first-order valence-corrected chi connectivity index (χ1v) is 8.83. The van der Waals surface area contributed by atoms with Crippen molar-refractivity contribution >= 4 is 17.2 Å². The van der Waals surface area contributed by atoms with E-state index >= 15 is 0 Å². The molecule has 1 unspecified atom stereocenters. The number of carbonyl (C=O) groups excluding carboxylic acids is 1. The third kappa shape index (κ3) is 3.27. The third-order valence-corrected chi connectivity index (χ3v) is 4.86. The summed E-state index contributed by atoms with van der Waals surface area (Å²) in [5.41, 5.74) is 2.92. The van der Waals surface area contributed by atoms with Crippen molar-refractivity contribution in [2.75, 3.05) is 24.5 Å². The van der Waals surface area contributed by atoms with Gasteiger partial charge in [-0.15, -0.1) is 0 Å². The molecule has 3 heterocycles. The van der Waals surface area contributed by atoms with Crippen LogP contribution in [0.3, 0.4) is 0 Å². The Kier molecular flexibility index (Phi) is 4.32. The highest BCUT2D eigenvalue weighted by molar-refractivity contribution is 5.92. The van der Waals surface area contributed by atoms with Gasteiger partial charge in [-0.05, 0) is 43.0 Å². The molecule has 1 saturated heterocycles. The normalized spacial score (nSPS) is 17.0. The fourth-order valence-electron chi connectivity index (χ4n) is 3.47. The zero-order valence-corrected chi connectivity index (χ0v) is 14.7. The topological polar surface area (TPSA) is 49.6 Å². The van der Waals surface area contributed by atoms with E-state index in [9.17, 15) is 9.18 Å². The molecule has 0 aliphatic carbocycles. The van der Waals surface area contributed by atoms with Gasteiger partial charge in [-0.3, -0.25) is 4.79 Å². The van der Waals surface area contributed by atoms with Crippen LogP contribution in [0.2, 0.25) is 0 Å². The first-order valence-electron chi connectivity index (χ1n) is 8.83. The second kappa shape index (κ2) is 6.78. The van der Waals surface area contributed by atoms with E-state index < -0.39 is 0 Å². The van der Waals surface area contributed by atoms with E-state index in [-0.39, 0.29) is 11.7 Å². The van der Waals surface area contributed by atoms with Gasteiger partial charge in [0.05, 0.1) is 5.69 Å². The number of hydrogen-bond donors (Lipinski definition) is 1. The Bertz CT molecular complexity index is 952. The van der Waals surface area contributed by atoms with Gasteiger partial charge in [0.15, 0.2) is 0 Å². The van der Waals surface area contributed by atoms with Crippen molar-refractivity contribution in [2.24, 2.45) is 5.92 Å². The van der Waals surface area contributed by atoms with Gasteiger partial charge in [-0.25, -0.2) is 9.37 Å². The second-order valence-electron chi connectivity index (χ2n) is 6.86. The minimum absolute atomic E-state index is 0.171. The Labute approximate surface area is 151 Å². The summed E-state index contributed by atoms with van der Waals surface area (Å²) in [6.07, 6.45) is 4.62. The van der Waals surface area contributed by atoms with Crippen LogP contribution < -0.4 is 10.2 Å². The Morgan fingerprint density at radius 1 is 1.27 bits per heavy atom. The molecule has 0 radical (unpaired) electrons. The second-order valence-corrected chi connectivity index (χ2v) is 6.86. The summed E-state index contributed by atoms with van der Waals surface area (Å²) in [5, 5.41) is 2.97. The summed E-state index contributed by atoms with van der Waals surface area (Å²) in [7, 11) is 0. The van der Waals surface area contributed by atoms with E-state index in [0.717, 1.165) is 30.7 Å². The number of nitrogens with zero attached hydrogens (tertiary/aromatic N) is 3. The van der Waals surface area contributed by atoms with Gasteiger partial charge in [-0.1, -0.05) is 18.2 Å². The van der Waals surface area contributed by atoms with Crippen LogP contribution in [0.25, 0.3) is 5.65 Å². The highest BCUT2D eigenvalue weighted by Gasteiger charge is 2.25. The summed E-state index contributed by atoms with van der Waals surface area (Å²) in [5.74, 6) is -0.0642. The Balaban J connectivity index is 1.36. The lowest BCUT2D eigenvalue weighted by atomic mass is 10.1. The fraction of sp³-hybridized carbons (Fsp3) is 0.300. The molecule has 1 aliphatic rings. The van der Waals surface area contributed by atoms with Crippen LogP contribution in [0, 0.1) is 18.7 Å². The number of amides is 1. The van der Waals surface area contributed by atoms with Crippen molar-refractivity contribution in [3.63, 3.8) is 0 Å². The van der Waals surface area contributed by atoms with Gasteiger partial charge < -0.3 is 14.6 Å². The highest BCUT2D eigenvalue weighted by atomic mass is 19.1. The zero-order chi connectivity index (χ0) is 18.1. The van der Waals surface area contributed by atoms with Crippen LogP contribution in [0.5, 0.6) is 0 Å². The van der Waals surface area contributed by atoms with E-state index in [4.69, 9.17) is 0 Å². The van der Waals surface area contributed by atoms with Crippen LogP contribution in [0.1, 0.15) is 22.5 Å². The molecular weight excluding hydrogens is 331 g/mol. The number of fused-ring (bicyclic) bond motifs is 1. The Hall–Kier alpha value is -2.89. The molecule has 0 bridgehead atoms. The lowest BCUT2D eigenvalue weighted by Crippen LogP contribution is -2.31. The van der Waals surface area contributed by atoms with Crippen molar-refractivity contribution in [3.05, 3.63) is 65.9 Å². The standard InChI is InChI=1S/C20H21FN4O/c1-14-6-7-19-23-17(13-25(19)11-14)20(26)22-10-15-8-9-24(12-15)18-5-3-2-4-16(18)21/h2-7,11,13,15H,8-10,12H2,1H3,(H,22,26). The molecule has 26 heavy (non-hydrogen) atoms. The van der Waals surface area contributed by atoms with Crippen molar-refractivity contribution in [2.45, 2.75) is 13.3 Å². The van der Waals surface area contributed by atoms with E-state index in [0.29, 0.717) is 23.8 Å². The highest BCUT2D eigenvalue weighted by Crippen LogP contribution is 2.25. The van der Waals surface area contributed by atoms with Crippen molar-refractivity contribution in [1.29, 1.82) is 0 Å². The smallest absolute Gasteiger partial charge is 0.271 e. The number of benzene rings is 1. The Morgan fingerprint density at radius 2 is 2.12 bits per heavy atom. The number of carbonyl (C=O) groups is 1. The first kappa shape index (κ1) is 16.6. The molecule has 2 aromatic heterocycles. The van der Waals surface area contributed by atoms with Crippen LogP contribution in [0.4, 0.5) is 10.1 Å². The maximum absolute atomic E-state index is 13.9. The average Bonchev–Trinajstić information content (AvgIpc) is 3.26. The summed E-state index contributed by atoms with van der Waals surface area (Å²) >= 11 is 0. The molecule has 4 rings (SSSR count). The van der Waals surface area contributed by atoms with E-state index in [2.05, 4.69) is 10.3 Å². The maximum Gasteiger partial charge on any atom is 0.271 e. The molecule has 1 amide bonds. The maximum atomic E-state index is 13.9. The van der Waals surface area contributed by atoms with Gasteiger partial charge in [0.25, 0.3) is 5.91 Å². The minimum atomic E-state index is -0.197.